The molecule has 0 saturated carbocycles. The van der Waals surface area contributed by atoms with Crippen molar-refractivity contribution in [1.29, 1.82) is 0 Å². The van der Waals surface area contributed by atoms with Gasteiger partial charge in [0.1, 0.15) is 11.5 Å². The molecule has 0 spiro atoms. The molecule has 0 unspecified atom stereocenters. The van der Waals surface area contributed by atoms with Crippen molar-refractivity contribution in [2.24, 2.45) is 0 Å². The molecule has 3 heterocycles. The van der Waals surface area contributed by atoms with Crippen LogP contribution in [-0.2, 0) is 0 Å². The maximum absolute atomic E-state index is 13.3. The van der Waals surface area contributed by atoms with E-state index in [1.54, 1.807) is 41.6 Å². The second-order valence-corrected chi connectivity index (χ2v) is 6.23. The van der Waals surface area contributed by atoms with Crippen LogP contribution in [0.15, 0.2) is 55.0 Å². The first-order valence-corrected chi connectivity index (χ1v) is 8.86. The average molecular weight is 379 g/mol. The maximum atomic E-state index is 13.3. The summed E-state index contributed by atoms with van der Waals surface area (Å²) in [5, 5.41) is 2.91. The molecule has 1 amide bonds. The van der Waals surface area contributed by atoms with Crippen LogP contribution in [0.5, 0.6) is 0 Å². The lowest BCUT2D eigenvalue weighted by molar-refractivity contribution is 0.0740. The van der Waals surface area contributed by atoms with E-state index < -0.39 is 0 Å². The van der Waals surface area contributed by atoms with Crippen LogP contribution in [0.1, 0.15) is 10.5 Å². The van der Waals surface area contributed by atoms with Crippen molar-refractivity contribution < 1.29 is 9.18 Å². The Kier molecular flexibility index (Phi) is 5.05. The molecule has 1 fully saturated rings. The number of halogens is 1. The van der Waals surface area contributed by atoms with Gasteiger partial charge in [0.05, 0.1) is 0 Å². The topological polar surface area (TPSA) is 87.1 Å². The maximum Gasteiger partial charge on any atom is 0.272 e. The number of rotatable bonds is 4. The van der Waals surface area contributed by atoms with Gasteiger partial charge in [0, 0.05) is 50.5 Å². The fraction of sp³-hybridized carbons (Fsp3) is 0.211. The summed E-state index contributed by atoms with van der Waals surface area (Å²) in [6, 6.07) is 9.32. The number of hydrogen-bond acceptors (Lipinski definition) is 7. The third-order valence-electron chi connectivity index (χ3n) is 4.36. The number of carbonyl (C=O) groups excluding carboxylic acids is 1. The van der Waals surface area contributed by atoms with E-state index in [1.807, 2.05) is 4.90 Å². The predicted molar refractivity (Wildman–Crippen MR) is 102 cm³/mol. The van der Waals surface area contributed by atoms with Crippen LogP contribution in [-0.4, -0.2) is 56.9 Å². The van der Waals surface area contributed by atoms with Crippen LogP contribution in [0, 0.1) is 5.82 Å². The van der Waals surface area contributed by atoms with E-state index in [1.165, 1.54) is 18.3 Å². The largest absolute Gasteiger partial charge is 0.337 e. The van der Waals surface area contributed by atoms with Crippen LogP contribution < -0.4 is 10.2 Å². The number of benzene rings is 1. The van der Waals surface area contributed by atoms with Crippen molar-refractivity contribution in [2.45, 2.75) is 0 Å². The molecular formula is C19H18FN7O. The van der Waals surface area contributed by atoms with Crippen molar-refractivity contribution in [1.82, 2.24) is 24.8 Å². The SMILES string of the molecule is O=C(c1ccnc(Nc2cccc(F)c2)n1)N1CCN(c2ncccn2)CC1. The van der Waals surface area contributed by atoms with Gasteiger partial charge in [-0.25, -0.2) is 24.3 Å². The highest BCUT2D eigenvalue weighted by Gasteiger charge is 2.24. The number of aromatic nitrogens is 4. The van der Waals surface area contributed by atoms with Gasteiger partial charge in [0.25, 0.3) is 5.91 Å². The van der Waals surface area contributed by atoms with Crippen molar-refractivity contribution in [3.05, 3.63) is 66.5 Å². The molecule has 9 heteroatoms. The highest BCUT2D eigenvalue weighted by Crippen LogP contribution is 2.16. The standard InChI is InChI=1S/C19H18FN7O/c20-14-3-1-4-15(13-14)24-18-21-8-5-16(25-18)17(28)26-9-11-27(12-10-26)19-22-6-2-7-23-19/h1-8,13H,9-12H2,(H,21,24,25). The van der Waals surface area contributed by atoms with Crippen molar-refractivity contribution in [3.8, 4) is 0 Å². The van der Waals surface area contributed by atoms with Gasteiger partial charge in [0.15, 0.2) is 0 Å². The molecule has 1 aromatic carbocycles. The van der Waals surface area contributed by atoms with Crippen molar-refractivity contribution in [3.63, 3.8) is 0 Å². The average Bonchev–Trinajstić information content (AvgIpc) is 2.74. The zero-order chi connectivity index (χ0) is 19.3. The summed E-state index contributed by atoms with van der Waals surface area (Å²) in [5.74, 6) is 0.377. The summed E-state index contributed by atoms with van der Waals surface area (Å²) in [4.78, 5) is 33.5. The normalized spacial score (nSPS) is 14.0. The Hall–Kier alpha value is -3.62. The van der Waals surface area contributed by atoms with Gasteiger partial charge in [-0.3, -0.25) is 4.79 Å². The molecule has 8 nitrogen and oxygen atoms in total. The van der Waals surface area contributed by atoms with Crippen LogP contribution in [0.25, 0.3) is 0 Å². The lowest BCUT2D eigenvalue weighted by Gasteiger charge is -2.34. The fourth-order valence-electron chi connectivity index (χ4n) is 2.96. The summed E-state index contributed by atoms with van der Waals surface area (Å²) >= 11 is 0. The van der Waals surface area contributed by atoms with E-state index in [-0.39, 0.29) is 17.7 Å². The Morgan fingerprint density at radius 1 is 0.964 bits per heavy atom. The minimum absolute atomic E-state index is 0.168. The van der Waals surface area contributed by atoms with Crippen molar-refractivity contribution >= 4 is 23.5 Å². The highest BCUT2D eigenvalue weighted by molar-refractivity contribution is 5.92. The fourth-order valence-corrected chi connectivity index (χ4v) is 2.96. The Labute approximate surface area is 161 Å². The first-order chi connectivity index (χ1) is 13.7. The molecule has 28 heavy (non-hydrogen) atoms. The molecule has 0 atom stereocenters. The van der Waals surface area contributed by atoms with E-state index >= 15 is 0 Å². The third-order valence-corrected chi connectivity index (χ3v) is 4.36. The van der Waals surface area contributed by atoms with Gasteiger partial charge in [-0.15, -0.1) is 0 Å². The van der Waals surface area contributed by atoms with Crippen molar-refractivity contribution in [2.75, 3.05) is 36.4 Å². The first kappa shape index (κ1) is 17.8. The molecule has 4 rings (SSSR count). The van der Waals surface area contributed by atoms with E-state index in [4.69, 9.17) is 0 Å². The Bertz CT molecular complexity index is 961. The molecule has 1 aliphatic rings. The molecule has 0 aliphatic carbocycles. The second kappa shape index (κ2) is 7.95. The third kappa shape index (κ3) is 4.03. The van der Waals surface area contributed by atoms with E-state index in [9.17, 15) is 9.18 Å². The van der Waals surface area contributed by atoms with Gasteiger partial charge in [0.2, 0.25) is 11.9 Å². The quantitative estimate of drug-likeness (QED) is 0.743. The molecule has 1 aliphatic heterocycles. The van der Waals surface area contributed by atoms with Crippen LogP contribution in [0.4, 0.5) is 22.0 Å². The molecule has 1 saturated heterocycles. The molecule has 142 valence electrons. The molecule has 2 aromatic heterocycles. The zero-order valence-electron chi connectivity index (χ0n) is 15.0. The van der Waals surface area contributed by atoms with Gasteiger partial charge in [-0.1, -0.05) is 6.07 Å². The molecule has 3 aromatic rings. The number of nitrogens with zero attached hydrogens (tertiary/aromatic N) is 6. The predicted octanol–water partition coefficient (Wildman–Crippen LogP) is 2.11. The monoisotopic (exact) mass is 379 g/mol. The molecule has 0 radical (unpaired) electrons. The smallest absolute Gasteiger partial charge is 0.272 e. The summed E-state index contributed by atoms with van der Waals surface area (Å²) in [7, 11) is 0. The number of hydrogen-bond donors (Lipinski definition) is 1. The Morgan fingerprint density at radius 2 is 1.75 bits per heavy atom. The zero-order valence-corrected chi connectivity index (χ0v) is 15.0. The van der Waals surface area contributed by atoms with Crippen LogP contribution in [0.3, 0.4) is 0 Å². The van der Waals surface area contributed by atoms with E-state index in [0.717, 1.165) is 0 Å². The lowest BCUT2D eigenvalue weighted by Crippen LogP contribution is -2.49. The number of anilines is 3. The molecule has 0 bridgehead atoms. The Morgan fingerprint density at radius 3 is 2.50 bits per heavy atom. The summed E-state index contributed by atoms with van der Waals surface area (Å²) in [6.07, 6.45) is 4.91. The van der Waals surface area contributed by atoms with E-state index in [0.29, 0.717) is 43.5 Å². The first-order valence-electron chi connectivity index (χ1n) is 8.86. The minimum atomic E-state index is -0.363. The second-order valence-electron chi connectivity index (χ2n) is 6.23. The van der Waals surface area contributed by atoms with Gasteiger partial charge < -0.3 is 15.1 Å². The Balaban J connectivity index is 1.41. The number of carbonyl (C=O) groups is 1. The van der Waals surface area contributed by atoms with E-state index in [2.05, 4.69) is 25.3 Å². The van der Waals surface area contributed by atoms with Crippen LogP contribution in [0.2, 0.25) is 0 Å². The van der Waals surface area contributed by atoms with Crippen LogP contribution >= 0.6 is 0 Å². The molecular weight excluding hydrogens is 361 g/mol. The summed E-state index contributed by atoms with van der Waals surface area (Å²) in [5.41, 5.74) is 0.805. The van der Waals surface area contributed by atoms with Gasteiger partial charge >= 0.3 is 0 Å². The number of nitrogens with one attached hydrogen (secondary N) is 1. The summed E-state index contributed by atoms with van der Waals surface area (Å²) in [6.45, 7) is 2.39. The van der Waals surface area contributed by atoms with Gasteiger partial charge in [-0.05, 0) is 30.3 Å². The minimum Gasteiger partial charge on any atom is -0.337 e. The lowest BCUT2D eigenvalue weighted by atomic mass is 10.2. The summed E-state index contributed by atoms with van der Waals surface area (Å²) < 4.78 is 13.3. The van der Waals surface area contributed by atoms with Gasteiger partial charge in [-0.2, -0.15) is 0 Å². The number of amides is 1. The molecule has 1 N–H and O–H groups in total. The number of piperazine rings is 1. The highest BCUT2D eigenvalue weighted by atomic mass is 19.1.